The van der Waals surface area contributed by atoms with Gasteiger partial charge in [-0.2, -0.15) is 0 Å². The van der Waals surface area contributed by atoms with Crippen LogP contribution in [0.15, 0.2) is 66.7 Å². The Kier molecular flexibility index (Phi) is 8.02. The van der Waals surface area contributed by atoms with Crippen LogP contribution < -0.4 is 10.1 Å². The lowest BCUT2D eigenvalue weighted by molar-refractivity contribution is -0.385. The molecule has 4 rings (SSSR count). The molecule has 192 valence electrons. The zero-order chi connectivity index (χ0) is 26.4. The maximum atomic E-state index is 12.6. The monoisotopic (exact) mass is 504 g/mol. The summed E-state index contributed by atoms with van der Waals surface area (Å²) >= 11 is 0. The second-order valence-electron chi connectivity index (χ2n) is 8.83. The molecule has 0 radical (unpaired) electrons. The van der Waals surface area contributed by atoms with Gasteiger partial charge in [0.2, 0.25) is 0 Å². The van der Waals surface area contributed by atoms with E-state index >= 15 is 0 Å². The fourth-order valence-corrected chi connectivity index (χ4v) is 4.50. The minimum atomic E-state index is -1.33. The zero-order valence-corrected chi connectivity index (χ0v) is 20.4. The number of hydrogen-bond acceptors (Lipinski definition) is 6. The minimum Gasteiger partial charge on any atom is -0.487 e. The van der Waals surface area contributed by atoms with E-state index in [0.29, 0.717) is 12.2 Å². The molecule has 1 unspecified atom stereocenters. The van der Waals surface area contributed by atoms with E-state index < -0.39 is 23.0 Å². The SMILES string of the molecule is CCCCOc1ccc(CC(NC(=O)OCC2c3ccccc3-c3ccccc32)C(=O)O)cc1[N+](=O)[O-]. The highest BCUT2D eigenvalue weighted by molar-refractivity contribution is 5.81. The summed E-state index contributed by atoms with van der Waals surface area (Å²) in [5.41, 5.74) is 4.37. The first kappa shape index (κ1) is 25.7. The van der Waals surface area contributed by atoms with Crippen LogP contribution in [0.1, 0.15) is 42.4 Å². The Morgan fingerprint density at radius 1 is 1.05 bits per heavy atom. The second kappa shape index (κ2) is 11.6. The lowest BCUT2D eigenvalue weighted by Crippen LogP contribution is -2.42. The van der Waals surface area contributed by atoms with Crippen LogP contribution in [-0.4, -0.2) is 41.3 Å². The number of aliphatic carboxylic acids is 1. The van der Waals surface area contributed by atoms with Crippen LogP contribution in [0, 0.1) is 10.1 Å². The molecule has 0 aromatic heterocycles. The van der Waals surface area contributed by atoms with Gasteiger partial charge in [-0.05, 0) is 40.3 Å². The van der Waals surface area contributed by atoms with Crippen molar-refractivity contribution in [2.45, 2.75) is 38.1 Å². The molecule has 1 aliphatic carbocycles. The Balaban J connectivity index is 1.42. The van der Waals surface area contributed by atoms with Crippen molar-refractivity contribution in [1.29, 1.82) is 0 Å². The van der Waals surface area contributed by atoms with E-state index in [4.69, 9.17) is 9.47 Å². The van der Waals surface area contributed by atoms with Gasteiger partial charge in [0, 0.05) is 18.4 Å². The molecule has 0 bridgehead atoms. The minimum absolute atomic E-state index is 0.0431. The first-order chi connectivity index (χ1) is 17.9. The Morgan fingerprint density at radius 2 is 1.70 bits per heavy atom. The Hall–Kier alpha value is -4.40. The van der Waals surface area contributed by atoms with Gasteiger partial charge >= 0.3 is 17.7 Å². The first-order valence-electron chi connectivity index (χ1n) is 12.1. The number of ether oxygens (including phenoxy) is 2. The van der Waals surface area contributed by atoms with Crippen LogP contribution in [0.4, 0.5) is 10.5 Å². The molecule has 3 aromatic rings. The Labute approximate surface area is 214 Å². The molecule has 3 aromatic carbocycles. The van der Waals surface area contributed by atoms with Crippen molar-refractivity contribution in [2.24, 2.45) is 0 Å². The van der Waals surface area contributed by atoms with Crippen LogP contribution >= 0.6 is 0 Å². The van der Waals surface area contributed by atoms with Crippen LogP contribution in [0.2, 0.25) is 0 Å². The van der Waals surface area contributed by atoms with E-state index in [1.165, 1.54) is 12.1 Å². The number of fused-ring (bicyclic) bond motifs is 3. The molecule has 37 heavy (non-hydrogen) atoms. The Morgan fingerprint density at radius 3 is 2.30 bits per heavy atom. The van der Waals surface area contributed by atoms with E-state index in [-0.39, 0.29) is 30.4 Å². The molecule has 0 spiro atoms. The van der Waals surface area contributed by atoms with Crippen molar-refractivity contribution in [3.8, 4) is 16.9 Å². The molecular weight excluding hydrogens is 476 g/mol. The molecule has 0 saturated carbocycles. The number of benzene rings is 3. The molecule has 0 heterocycles. The number of nitro groups is 1. The summed E-state index contributed by atoms with van der Waals surface area (Å²) in [6, 6.07) is 18.7. The fraction of sp³-hybridized carbons (Fsp3) is 0.286. The number of carboxylic acids is 1. The fourth-order valence-electron chi connectivity index (χ4n) is 4.50. The summed E-state index contributed by atoms with van der Waals surface area (Å²) in [6.07, 6.45) is 0.608. The number of amides is 1. The van der Waals surface area contributed by atoms with E-state index in [1.807, 2.05) is 55.5 Å². The third-order valence-electron chi connectivity index (χ3n) is 6.35. The molecule has 1 atom stereocenters. The topological polar surface area (TPSA) is 128 Å². The predicted octanol–water partition coefficient (Wildman–Crippen LogP) is 5.31. The van der Waals surface area contributed by atoms with Crippen LogP contribution in [0.25, 0.3) is 11.1 Å². The Bertz CT molecular complexity index is 1260. The summed E-state index contributed by atoms with van der Waals surface area (Å²) in [6.45, 7) is 2.37. The summed E-state index contributed by atoms with van der Waals surface area (Å²) in [5, 5.41) is 23.6. The summed E-state index contributed by atoms with van der Waals surface area (Å²) in [7, 11) is 0. The summed E-state index contributed by atoms with van der Waals surface area (Å²) < 4.78 is 10.9. The van der Waals surface area contributed by atoms with Crippen LogP contribution in [0.5, 0.6) is 5.75 Å². The lowest BCUT2D eigenvalue weighted by atomic mass is 9.98. The molecule has 1 amide bonds. The zero-order valence-electron chi connectivity index (χ0n) is 20.4. The van der Waals surface area contributed by atoms with Crippen molar-refractivity contribution in [1.82, 2.24) is 5.32 Å². The third-order valence-corrected chi connectivity index (χ3v) is 6.35. The van der Waals surface area contributed by atoms with Gasteiger partial charge in [0.05, 0.1) is 11.5 Å². The number of hydrogen-bond donors (Lipinski definition) is 2. The molecule has 9 nitrogen and oxygen atoms in total. The molecule has 0 saturated heterocycles. The van der Waals surface area contributed by atoms with Gasteiger partial charge in [-0.3, -0.25) is 10.1 Å². The van der Waals surface area contributed by atoms with E-state index in [9.17, 15) is 24.8 Å². The average molecular weight is 505 g/mol. The second-order valence-corrected chi connectivity index (χ2v) is 8.83. The van der Waals surface area contributed by atoms with Crippen molar-refractivity contribution < 1.29 is 29.1 Å². The lowest BCUT2D eigenvalue weighted by Gasteiger charge is -2.18. The van der Waals surface area contributed by atoms with Gasteiger partial charge in [-0.1, -0.05) is 67.9 Å². The van der Waals surface area contributed by atoms with Crippen molar-refractivity contribution in [2.75, 3.05) is 13.2 Å². The van der Waals surface area contributed by atoms with Gasteiger partial charge in [-0.15, -0.1) is 0 Å². The van der Waals surface area contributed by atoms with Crippen molar-refractivity contribution in [3.63, 3.8) is 0 Å². The number of nitrogens with zero attached hydrogens (tertiary/aromatic N) is 1. The smallest absolute Gasteiger partial charge is 0.407 e. The number of rotatable bonds is 11. The maximum Gasteiger partial charge on any atom is 0.407 e. The van der Waals surface area contributed by atoms with Crippen molar-refractivity contribution >= 4 is 17.7 Å². The number of unbranched alkanes of at least 4 members (excludes halogenated alkanes) is 1. The van der Waals surface area contributed by atoms with E-state index in [2.05, 4.69) is 5.32 Å². The number of carbonyl (C=O) groups is 2. The highest BCUT2D eigenvalue weighted by Gasteiger charge is 2.30. The normalized spacial score (nSPS) is 12.8. The predicted molar refractivity (Wildman–Crippen MR) is 137 cm³/mol. The van der Waals surface area contributed by atoms with Crippen LogP contribution in [-0.2, 0) is 16.0 Å². The number of nitrogens with one attached hydrogen (secondary N) is 1. The van der Waals surface area contributed by atoms with E-state index in [0.717, 1.165) is 35.1 Å². The molecule has 0 fully saturated rings. The van der Waals surface area contributed by atoms with Gasteiger partial charge < -0.3 is 19.9 Å². The quantitative estimate of drug-likeness (QED) is 0.206. The van der Waals surface area contributed by atoms with Gasteiger partial charge in [0.25, 0.3) is 0 Å². The number of carbonyl (C=O) groups excluding carboxylic acids is 1. The number of nitro benzene ring substituents is 1. The van der Waals surface area contributed by atoms with Gasteiger partial charge in [-0.25, -0.2) is 9.59 Å². The van der Waals surface area contributed by atoms with Crippen LogP contribution in [0.3, 0.4) is 0 Å². The highest BCUT2D eigenvalue weighted by atomic mass is 16.6. The van der Waals surface area contributed by atoms with Gasteiger partial charge in [0.15, 0.2) is 5.75 Å². The number of alkyl carbamates (subject to hydrolysis) is 1. The molecule has 9 heteroatoms. The standard InChI is InChI=1S/C28H28N2O7/c1-2-3-14-36-26-13-12-18(16-25(26)30(34)35)15-24(27(31)32)29-28(33)37-17-23-21-10-6-4-8-19(21)20-9-5-7-11-22(20)23/h4-13,16,23-24H,2-3,14-15,17H2,1H3,(H,29,33)(H,31,32). The summed E-state index contributed by atoms with van der Waals surface area (Å²) in [5.74, 6) is -1.32. The van der Waals surface area contributed by atoms with Gasteiger partial charge in [0.1, 0.15) is 12.6 Å². The molecular formula is C28H28N2O7. The molecule has 1 aliphatic rings. The molecule has 0 aliphatic heterocycles. The maximum absolute atomic E-state index is 12.6. The summed E-state index contributed by atoms with van der Waals surface area (Å²) in [4.78, 5) is 35.4. The largest absolute Gasteiger partial charge is 0.487 e. The van der Waals surface area contributed by atoms with Crippen molar-refractivity contribution in [3.05, 3.63) is 93.5 Å². The average Bonchev–Trinajstić information content (AvgIpc) is 3.21. The number of carboxylic acid groups (broad SMARTS) is 1. The third kappa shape index (κ3) is 5.88. The highest BCUT2D eigenvalue weighted by Crippen LogP contribution is 2.44. The molecule has 2 N–H and O–H groups in total. The first-order valence-corrected chi connectivity index (χ1v) is 12.1. The van der Waals surface area contributed by atoms with E-state index in [1.54, 1.807) is 6.07 Å².